The van der Waals surface area contributed by atoms with Gasteiger partial charge in [0, 0.05) is 10.9 Å². The molecule has 0 saturated carbocycles. The third-order valence-electron chi connectivity index (χ3n) is 3.65. The molecule has 0 unspecified atom stereocenters. The molecule has 3 aromatic rings. The van der Waals surface area contributed by atoms with E-state index in [9.17, 15) is 9.59 Å². The molecule has 0 saturated heterocycles. The van der Waals surface area contributed by atoms with Crippen molar-refractivity contribution in [1.29, 1.82) is 0 Å². The molecule has 0 spiro atoms. The molecule has 2 aromatic heterocycles. The summed E-state index contributed by atoms with van der Waals surface area (Å²) in [7, 11) is 1.59. The Morgan fingerprint density at radius 1 is 1.26 bits per heavy atom. The van der Waals surface area contributed by atoms with Gasteiger partial charge in [0.2, 0.25) is 5.91 Å². The van der Waals surface area contributed by atoms with Crippen LogP contribution in [0.15, 0.2) is 56.8 Å². The van der Waals surface area contributed by atoms with E-state index in [-0.39, 0.29) is 18.1 Å². The third kappa shape index (κ3) is 5.70. The van der Waals surface area contributed by atoms with E-state index in [1.54, 1.807) is 49.8 Å². The molecule has 8 heteroatoms. The van der Waals surface area contributed by atoms with E-state index in [0.29, 0.717) is 35.1 Å². The summed E-state index contributed by atoms with van der Waals surface area (Å²) in [6, 6.07) is 10.6. The van der Waals surface area contributed by atoms with Crippen molar-refractivity contribution in [2.75, 3.05) is 12.9 Å². The number of rotatable bonds is 9. The van der Waals surface area contributed by atoms with Crippen molar-refractivity contribution in [3.8, 4) is 5.75 Å². The molecule has 6 nitrogen and oxygen atoms in total. The van der Waals surface area contributed by atoms with Crippen LogP contribution in [0.25, 0.3) is 0 Å². The van der Waals surface area contributed by atoms with Gasteiger partial charge in [-0.1, -0.05) is 11.8 Å². The molecule has 0 aliphatic heterocycles. The number of ether oxygens (including phenoxy) is 1. The molecular formula is C19H18N2O4S2. The predicted octanol–water partition coefficient (Wildman–Crippen LogP) is 3.58. The highest BCUT2D eigenvalue weighted by molar-refractivity contribution is 8.01. The van der Waals surface area contributed by atoms with Crippen LogP contribution in [0, 0.1) is 0 Å². The van der Waals surface area contributed by atoms with Gasteiger partial charge >= 0.3 is 0 Å². The Morgan fingerprint density at radius 2 is 2.07 bits per heavy atom. The van der Waals surface area contributed by atoms with Crippen LogP contribution in [0.5, 0.6) is 5.75 Å². The molecule has 140 valence electrons. The number of carbonyl (C=O) groups is 2. The number of Topliss-reactive ketones (excluding diaryl/α,β-unsaturated/α-hetero) is 1. The lowest BCUT2D eigenvalue weighted by Crippen LogP contribution is -2.24. The number of thioether (sulfide) groups is 1. The highest BCUT2D eigenvalue weighted by atomic mass is 32.2. The minimum Gasteiger partial charge on any atom is -0.497 e. The summed E-state index contributed by atoms with van der Waals surface area (Å²) >= 11 is 2.80. The number of ketones is 1. The van der Waals surface area contributed by atoms with Crippen LogP contribution in [0.2, 0.25) is 0 Å². The van der Waals surface area contributed by atoms with E-state index in [0.717, 1.165) is 4.34 Å². The molecule has 0 fully saturated rings. The number of hydrogen-bond donors (Lipinski definition) is 1. The molecule has 0 aliphatic rings. The summed E-state index contributed by atoms with van der Waals surface area (Å²) in [5, 5.41) is 4.62. The number of thiazole rings is 1. The summed E-state index contributed by atoms with van der Waals surface area (Å²) in [6.45, 7) is 0.355. The first-order valence-corrected chi connectivity index (χ1v) is 10.0. The average Bonchev–Trinajstić information content (AvgIpc) is 3.36. The molecule has 0 radical (unpaired) electrons. The second kappa shape index (κ2) is 9.38. The maximum absolute atomic E-state index is 12.2. The van der Waals surface area contributed by atoms with Crippen LogP contribution in [-0.4, -0.2) is 29.5 Å². The Bertz CT molecular complexity index is 889. The van der Waals surface area contributed by atoms with Crippen molar-refractivity contribution in [1.82, 2.24) is 10.3 Å². The van der Waals surface area contributed by atoms with Gasteiger partial charge in [-0.25, -0.2) is 4.98 Å². The van der Waals surface area contributed by atoms with Crippen molar-refractivity contribution in [2.45, 2.75) is 17.3 Å². The van der Waals surface area contributed by atoms with Crippen molar-refractivity contribution >= 4 is 34.8 Å². The standard InChI is InChI=1S/C19H18N2O4S2/c1-24-15-6-4-13(5-7-15)17(22)12-27-19-21-14(11-26-19)9-18(23)20-10-16-3-2-8-25-16/h2-8,11H,9-10,12H2,1H3,(H,20,23). The Morgan fingerprint density at radius 3 is 2.78 bits per heavy atom. The Hall–Kier alpha value is -2.58. The summed E-state index contributed by atoms with van der Waals surface area (Å²) in [4.78, 5) is 28.6. The zero-order valence-corrected chi connectivity index (χ0v) is 16.3. The topological polar surface area (TPSA) is 81.4 Å². The number of hydrogen-bond acceptors (Lipinski definition) is 7. The molecule has 3 rings (SSSR count). The van der Waals surface area contributed by atoms with Crippen molar-refractivity contribution in [3.63, 3.8) is 0 Å². The Kier molecular flexibility index (Phi) is 6.67. The molecule has 27 heavy (non-hydrogen) atoms. The molecule has 0 atom stereocenters. The maximum atomic E-state index is 12.2. The maximum Gasteiger partial charge on any atom is 0.226 e. The predicted molar refractivity (Wildman–Crippen MR) is 104 cm³/mol. The number of nitrogens with one attached hydrogen (secondary N) is 1. The first kappa shape index (κ1) is 19.2. The first-order chi connectivity index (χ1) is 13.1. The SMILES string of the molecule is COc1ccc(C(=O)CSc2nc(CC(=O)NCc3ccco3)cs2)cc1. The van der Waals surface area contributed by atoms with E-state index < -0.39 is 0 Å². The van der Waals surface area contributed by atoms with Crippen LogP contribution < -0.4 is 10.1 Å². The summed E-state index contributed by atoms with van der Waals surface area (Å²) in [6.07, 6.45) is 1.77. The highest BCUT2D eigenvalue weighted by Gasteiger charge is 2.11. The number of nitrogens with zero attached hydrogens (tertiary/aromatic N) is 1. The fourth-order valence-corrected chi connectivity index (χ4v) is 3.99. The summed E-state index contributed by atoms with van der Waals surface area (Å²) in [5.74, 6) is 1.62. The van der Waals surface area contributed by atoms with Gasteiger partial charge in [0.15, 0.2) is 10.1 Å². The second-order valence-electron chi connectivity index (χ2n) is 5.58. The van der Waals surface area contributed by atoms with Gasteiger partial charge in [-0.15, -0.1) is 11.3 Å². The normalized spacial score (nSPS) is 10.6. The van der Waals surface area contributed by atoms with Gasteiger partial charge in [0.25, 0.3) is 0 Å². The number of benzene rings is 1. The third-order valence-corrected chi connectivity index (χ3v) is 5.72. The molecule has 2 heterocycles. The molecular weight excluding hydrogens is 384 g/mol. The van der Waals surface area contributed by atoms with Gasteiger partial charge in [-0.05, 0) is 36.4 Å². The van der Waals surface area contributed by atoms with Crippen LogP contribution in [0.4, 0.5) is 0 Å². The van der Waals surface area contributed by atoms with Gasteiger partial charge in [-0.3, -0.25) is 9.59 Å². The fraction of sp³-hybridized carbons (Fsp3) is 0.211. The quantitative estimate of drug-likeness (QED) is 0.435. The van der Waals surface area contributed by atoms with E-state index in [1.165, 1.54) is 23.1 Å². The first-order valence-electron chi connectivity index (χ1n) is 8.17. The number of methoxy groups -OCH3 is 1. The molecule has 1 amide bonds. The van der Waals surface area contributed by atoms with Crippen LogP contribution in [0.3, 0.4) is 0 Å². The Labute approximate surface area is 164 Å². The van der Waals surface area contributed by atoms with Gasteiger partial charge < -0.3 is 14.5 Å². The van der Waals surface area contributed by atoms with Gasteiger partial charge in [0.1, 0.15) is 11.5 Å². The van der Waals surface area contributed by atoms with Crippen LogP contribution >= 0.6 is 23.1 Å². The van der Waals surface area contributed by atoms with Crippen molar-refractivity contribution < 1.29 is 18.7 Å². The van der Waals surface area contributed by atoms with Crippen molar-refractivity contribution in [2.24, 2.45) is 0 Å². The van der Waals surface area contributed by atoms with Gasteiger partial charge in [-0.2, -0.15) is 0 Å². The molecule has 1 aromatic carbocycles. The number of carbonyl (C=O) groups excluding carboxylic acids is 2. The second-order valence-corrected chi connectivity index (χ2v) is 7.66. The lowest BCUT2D eigenvalue weighted by Gasteiger charge is -2.02. The zero-order valence-electron chi connectivity index (χ0n) is 14.6. The van der Waals surface area contributed by atoms with Crippen LogP contribution in [0.1, 0.15) is 21.8 Å². The minimum atomic E-state index is -0.123. The lowest BCUT2D eigenvalue weighted by atomic mass is 10.1. The van der Waals surface area contributed by atoms with E-state index >= 15 is 0 Å². The molecule has 1 N–H and O–H groups in total. The van der Waals surface area contributed by atoms with E-state index in [4.69, 9.17) is 9.15 Å². The van der Waals surface area contributed by atoms with E-state index in [2.05, 4.69) is 10.3 Å². The number of amides is 1. The highest BCUT2D eigenvalue weighted by Crippen LogP contribution is 2.24. The van der Waals surface area contributed by atoms with Gasteiger partial charge in [0.05, 0.1) is 37.8 Å². The van der Waals surface area contributed by atoms with Crippen LogP contribution in [-0.2, 0) is 17.8 Å². The summed E-state index contributed by atoms with van der Waals surface area (Å²) in [5.41, 5.74) is 1.33. The molecule has 0 bridgehead atoms. The number of aromatic nitrogens is 1. The Balaban J connectivity index is 1.45. The fourth-order valence-electron chi connectivity index (χ4n) is 2.25. The monoisotopic (exact) mass is 402 g/mol. The smallest absolute Gasteiger partial charge is 0.226 e. The van der Waals surface area contributed by atoms with E-state index in [1.807, 2.05) is 5.38 Å². The molecule has 0 aliphatic carbocycles. The number of furan rings is 1. The minimum absolute atomic E-state index is 0.0237. The largest absolute Gasteiger partial charge is 0.497 e. The average molecular weight is 402 g/mol. The summed E-state index contributed by atoms with van der Waals surface area (Å²) < 4.78 is 11.0. The zero-order chi connectivity index (χ0) is 19.1. The van der Waals surface area contributed by atoms with Crippen molar-refractivity contribution in [3.05, 3.63) is 65.1 Å². The lowest BCUT2D eigenvalue weighted by molar-refractivity contribution is -0.120.